The minimum atomic E-state index is -1.49. The molecule has 168 valence electrons. The lowest BCUT2D eigenvalue weighted by Gasteiger charge is -2.36. The first-order valence-electron chi connectivity index (χ1n) is 13.1. The Hall–Kier alpha value is -0.400. The van der Waals surface area contributed by atoms with E-state index < -0.39 is 6.08 Å². The zero-order chi connectivity index (χ0) is 20.5. The SMILES string of the molecule is C1CCC(C2CCCCC2)CC1.CC1CCC(C2CCC(C=C(F)F)CC2)CC1. The van der Waals surface area contributed by atoms with Gasteiger partial charge in [-0.1, -0.05) is 84.0 Å². The minimum Gasteiger partial charge on any atom is -0.174 e. The third-order valence-electron chi connectivity index (χ3n) is 8.87. The minimum absolute atomic E-state index is 0.152. The van der Waals surface area contributed by atoms with Crippen LogP contribution in [0.3, 0.4) is 0 Å². The summed E-state index contributed by atoms with van der Waals surface area (Å²) in [6.07, 6.45) is 24.9. The van der Waals surface area contributed by atoms with E-state index >= 15 is 0 Å². The molecule has 4 fully saturated rings. The zero-order valence-corrected chi connectivity index (χ0v) is 19.0. The molecule has 0 radical (unpaired) electrons. The van der Waals surface area contributed by atoms with Crippen LogP contribution < -0.4 is 0 Å². The van der Waals surface area contributed by atoms with Gasteiger partial charge in [0, 0.05) is 0 Å². The lowest BCUT2D eigenvalue weighted by atomic mass is 9.69. The number of allylic oxidation sites excluding steroid dienone is 1. The van der Waals surface area contributed by atoms with E-state index in [2.05, 4.69) is 6.92 Å². The maximum Gasteiger partial charge on any atom is 0.266 e. The highest BCUT2D eigenvalue weighted by Crippen LogP contribution is 2.42. The van der Waals surface area contributed by atoms with E-state index in [1.165, 1.54) is 83.1 Å². The van der Waals surface area contributed by atoms with Crippen molar-refractivity contribution in [1.82, 2.24) is 0 Å². The fourth-order valence-electron chi connectivity index (χ4n) is 6.93. The van der Waals surface area contributed by atoms with Crippen LogP contribution in [0.2, 0.25) is 0 Å². The van der Waals surface area contributed by atoms with E-state index in [0.717, 1.165) is 42.4 Å². The van der Waals surface area contributed by atoms with Gasteiger partial charge < -0.3 is 0 Å². The summed E-state index contributed by atoms with van der Waals surface area (Å²) in [6, 6.07) is 0. The molecule has 29 heavy (non-hydrogen) atoms. The lowest BCUT2D eigenvalue weighted by molar-refractivity contribution is 0.159. The third-order valence-corrected chi connectivity index (χ3v) is 8.87. The molecule has 0 atom stereocenters. The highest BCUT2D eigenvalue weighted by molar-refractivity contribution is 4.92. The van der Waals surface area contributed by atoms with E-state index in [4.69, 9.17) is 0 Å². The number of halogens is 2. The molecular weight excluding hydrogens is 362 g/mol. The predicted molar refractivity (Wildman–Crippen MR) is 120 cm³/mol. The summed E-state index contributed by atoms with van der Waals surface area (Å²) in [5.74, 6) is 5.06. The third kappa shape index (κ3) is 7.98. The number of rotatable bonds is 3. The molecule has 0 N–H and O–H groups in total. The van der Waals surface area contributed by atoms with Crippen LogP contribution in [0.4, 0.5) is 8.78 Å². The van der Waals surface area contributed by atoms with Gasteiger partial charge in [-0.2, -0.15) is 8.78 Å². The topological polar surface area (TPSA) is 0 Å². The quantitative estimate of drug-likeness (QED) is 0.436. The first kappa shape index (κ1) is 23.3. The molecule has 0 heterocycles. The fourth-order valence-corrected chi connectivity index (χ4v) is 6.93. The van der Waals surface area contributed by atoms with Crippen molar-refractivity contribution in [3.63, 3.8) is 0 Å². The summed E-state index contributed by atoms with van der Waals surface area (Å²) in [4.78, 5) is 0. The first-order valence-corrected chi connectivity index (χ1v) is 13.1. The van der Waals surface area contributed by atoms with Crippen molar-refractivity contribution in [2.75, 3.05) is 0 Å². The molecular formula is C27H46F2. The van der Waals surface area contributed by atoms with Crippen LogP contribution >= 0.6 is 0 Å². The van der Waals surface area contributed by atoms with Crippen LogP contribution in [0.15, 0.2) is 12.2 Å². The standard InChI is InChI=1S/C15H24F2.C12H22/c1-11-2-6-13(7-3-11)14-8-4-12(5-9-14)10-15(16)17;1-3-7-11(8-4-1)12-9-5-2-6-10-12/h10-14H,2-9H2,1H3;11-12H,1-10H2. The molecule has 0 aromatic carbocycles. The predicted octanol–water partition coefficient (Wildman–Crippen LogP) is 9.55. The Balaban J connectivity index is 0.000000176. The molecule has 0 aromatic rings. The molecule has 4 saturated carbocycles. The Morgan fingerprint density at radius 3 is 1.31 bits per heavy atom. The van der Waals surface area contributed by atoms with E-state index in [9.17, 15) is 8.78 Å². The van der Waals surface area contributed by atoms with Gasteiger partial charge in [-0.25, -0.2) is 0 Å². The van der Waals surface area contributed by atoms with Gasteiger partial charge in [-0.15, -0.1) is 0 Å². The van der Waals surface area contributed by atoms with Crippen LogP contribution in [-0.4, -0.2) is 0 Å². The Labute approximate surface area is 179 Å². The van der Waals surface area contributed by atoms with Gasteiger partial charge in [0.25, 0.3) is 6.08 Å². The Morgan fingerprint density at radius 1 is 0.517 bits per heavy atom. The van der Waals surface area contributed by atoms with Crippen molar-refractivity contribution in [2.24, 2.45) is 35.5 Å². The second-order valence-corrected chi connectivity index (χ2v) is 10.9. The highest BCUT2D eigenvalue weighted by atomic mass is 19.3. The van der Waals surface area contributed by atoms with Gasteiger partial charge in [0.2, 0.25) is 0 Å². The summed E-state index contributed by atoms with van der Waals surface area (Å²) in [7, 11) is 0. The van der Waals surface area contributed by atoms with E-state index in [1.54, 1.807) is 25.7 Å². The monoisotopic (exact) mass is 408 g/mol. The van der Waals surface area contributed by atoms with Crippen LogP contribution in [0, 0.1) is 35.5 Å². The Kier molecular flexibility index (Phi) is 9.99. The van der Waals surface area contributed by atoms with Crippen LogP contribution in [0.25, 0.3) is 0 Å². The summed E-state index contributed by atoms with van der Waals surface area (Å²) in [6.45, 7) is 2.35. The van der Waals surface area contributed by atoms with Gasteiger partial charge in [0.15, 0.2) is 0 Å². The zero-order valence-electron chi connectivity index (χ0n) is 19.0. The number of hydrogen-bond acceptors (Lipinski definition) is 0. The smallest absolute Gasteiger partial charge is 0.174 e. The normalized spacial score (nSPS) is 34.7. The van der Waals surface area contributed by atoms with Gasteiger partial charge in [0.1, 0.15) is 0 Å². The molecule has 0 nitrogen and oxygen atoms in total. The molecule has 0 amide bonds. The fraction of sp³-hybridized carbons (Fsp3) is 0.926. The maximum atomic E-state index is 12.2. The molecule has 0 spiro atoms. The Bertz CT molecular complexity index is 437. The highest BCUT2D eigenvalue weighted by Gasteiger charge is 2.29. The average Bonchev–Trinajstić information content (AvgIpc) is 2.76. The summed E-state index contributed by atoms with van der Waals surface area (Å²) >= 11 is 0. The second kappa shape index (κ2) is 12.5. The van der Waals surface area contributed by atoms with Crippen molar-refractivity contribution in [1.29, 1.82) is 0 Å². The van der Waals surface area contributed by atoms with Crippen LogP contribution in [0.5, 0.6) is 0 Å². The average molecular weight is 409 g/mol. The van der Waals surface area contributed by atoms with E-state index in [-0.39, 0.29) is 5.92 Å². The molecule has 2 heteroatoms. The lowest BCUT2D eigenvalue weighted by Crippen LogP contribution is -2.24. The van der Waals surface area contributed by atoms with Crippen molar-refractivity contribution < 1.29 is 8.78 Å². The molecule has 0 saturated heterocycles. The van der Waals surface area contributed by atoms with Gasteiger partial charge in [-0.3, -0.25) is 0 Å². The molecule has 4 aliphatic carbocycles. The van der Waals surface area contributed by atoms with Crippen molar-refractivity contribution in [3.8, 4) is 0 Å². The number of hydrogen-bond donors (Lipinski definition) is 0. The molecule has 4 rings (SSSR count). The van der Waals surface area contributed by atoms with Crippen molar-refractivity contribution >= 4 is 0 Å². The van der Waals surface area contributed by atoms with Crippen LogP contribution in [0.1, 0.15) is 122 Å². The maximum absolute atomic E-state index is 12.2. The van der Waals surface area contributed by atoms with Crippen LogP contribution in [-0.2, 0) is 0 Å². The largest absolute Gasteiger partial charge is 0.266 e. The Morgan fingerprint density at radius 2 is 0.897 bits per heavy atom. The molecule has 0 aliphatic heterocycles. The molecule has 4 aliphatic rings. The van der Waals surface area contributed by atoms with Gasteiger partial charge >= 0.3 is 0 Å². The van der Waals surface area contributed by atoms with Gasteiger partial charge in [-0.05, 0) is 80.1 Å². The molecule has 0 bridgehead atoms. The summed E-state index contributed by atoms with van der Waals surface area (Å²) < 4.78 is 24.4. The van der Waals surface area contributed by atoms with Crippen molar-refractivity contribution in [3.05, 3.63) is 12.2 Å². The van der Waals surface area contributed by atoms with Crippen molar-refractivity contribution in [2.45, 2.75) is 122 Å². The second-order valence-electron chi connectivity index (χ2n) is 10.9. The van der Waals surface area contributed by atoms with Gasteiger partial charge in [0.05, 0.1) is 0 Å². The summed E-state index contributed by atoms with van der Waals surface area (Å²) in [5.41, 5.74) is 0. The van der Waals surface area contributed by atoms with E-state index in [0.29, 0.717) is 0 Å². The van der Waals surface area contributed by atoms with E-state index in [1.807, 2.05) is 0 Å². The summed E-state index contributed by atoms with van der Waals surface area (Å²) in [5, 5.41) is 0. The molecule has 0 aromatic heterocycles. The molecule has 0 unspecified atom stereocenters. The first-order chi connectivity index (χ1) is 14.1.